The monoisotopic (exact) mass is 521 g/mol. The molecular formula is C30H29F2NO5. The summed E-state index contributed by atoms with van der Waals surface area (Å²) < 4.78 is 37.5. The Bertz CT molecular complexity index is 1300. The van der Waals surface area contributed by atoms with Crippen molar-refractivity contribution in [1.82, 2.24) is 0 Å². The zero-order valence-corrected chi connectivity index (χ0v) is 21.4. The highest BCUT2D eigenvalue weighted by atomic mass is 19.1. The van der Waals surface area contributed by atoms with Crippen LogP contribution in [0.2, 0.25) is 0 Å². The fourth-order valence-corrected chi connectivity index (χ4v) is 4.44. The van der Waals surface area contributed by atoms with Crippen molar-refractivity contribution in [3.8, 4) is 5.75 Å². The molecule has 0 N–H and O–H groups in total. The minimum absolute atomic E-state index is 0.118. The van der Waals surface area contributed by atoms with E-state index in [0.717, 1.165) is 5.56 Å². The van der Waals surface area contributed by atoms with Gasteiger partial charge in [-0.05, 0) is 93.4 Å². The third-order valence-corrected chi connectivity index (χ3v) is 6.17. The molecule has 0 spiro atoms. The van der Waals surface area contributed by atoms with Crippen LogP contribution in [0, 0.1) is 17.6 Å². The lowest BCUT2D eigenvalue weighted by Gasteiger charge is -2.47. The highest BCUT2D eigenvalue weighted by Crippen LogP contribution is 2.46. The van der Waals surface area contributed by atoms with E-state index in [9.17, 15) is 23.2 Å². The predicted octanol–water partition coefficient (Wildman–Crippen LogP) is 6.05. The summed E-state index contributed by atoms with van der Waals surface area (Å²) in [6.07, 6.45) is 0.418. The summed E-state index contributed by atoms with van der Waals surface area (Å²) >= 11 is 0. The number of Topliss-reactive ketones (excluding diaryl/α,β-unsaturated/α-hetero) is 1. The molecule has 0 saturated carbocycles. The van der Waals surface area contributed by atoms with E-state index >= 15 is 0 Å². The molecule has 1 fully saturated rings. The Kier molecular flexibility index (Phi) is 7.90. The molecule has 198 valence electrons. The van der Waals surface area contributed by atoms with E-state index in [2.05, 4.69) is 0 Å². The number of nitrogens with zero attached hydrogens (tertiary/aromatic N) is 1. The molecule has 1 amide bonds. The minimum Gasteiger partial charge on any atom is -0.482 e. The number of ether oxygens (including phenoxy) is 2. The second-order valence-electron chi connectivity index (χ2n) is 10.1. The van der Waals surface area contributed by atoms with E-state index in [-0.39, 0.29) is 30.8 Å². The Morgan fingerprint density at radius 3 is 2.03 bits per heavy atom. The highest BCUT2D eigenvalue weighted by Gasteiger charge is 2.48. The number of hydrogen-bond donors (Lipinski definition) is 0. The number of hydrogen-bond acceptors (Lipinski definition) is 5. The van der Waals surface area contributed by atoms with Crippen LogP contribution in [0.4, 0.5) is 14.5 Å². The Morgan fingerprint density at radius 1 is 0.868 bits per heavy atom. The standard InChI is InChI=1S/C30H29F2NO5/c1-30(2,3)38-27(35)18-37-24-14-6-20(7-15-24)28-25(16-17-26(34)19-4-8-21(31)9-5-19)29(36)33(28)23-12-10-22(32)11-13-23/h4-15,25,28H,16-18H2,1-3H3/t25-,28-/m1/s1. The van der Waals surface area contributed by atoms with Crippen LogP contribution in [0.15, 0.2) is 72.8 Å². The van der Waals surface area contributed by atoms with Crippen LogP contribution in [0.5, 0.6) is 5.75 Å². The summed E-state index contributed by atoms with van der Waals surface area (Å²) in [6.45, 7) is 5.08. The van der Waals surface area contributed by atoms with Crippen LogP contribution in [-0.2, 0) is 14.3 Å². The molecule has 1 aliphatic heterocycles. The highest BCUT2D eigenvalue weighted by molar-refractivity contribution is 6.04. The van der Waals surface area contributed by atoms with Crippen molar-refractivity contribution in [3.05, 3.63) is 95.6 Å². The van der Waals surface area contributed by atoms with Crippen LogP contribution >= 0.6 is 0 Å². The molecule has 0 bridgehead atoms. The maximum Gasteiger partial charge on any atom is 0.344 e. The van der Waals surface area contributed by atoms with E-state index in [1.165, 1.54) is 36.4 Å². The van der Waals surface area contributed by atoms with E-state index in [1.54, 1.807) is 62.1 Å². The molecule has 4 rings (SSSR count). The van der Waals surface area contributed by atoms with Crippen molar-refractivity contribution < 1.29 is 32.6 Å². The van der Waals surface area contributed by atoms with Crippen molar-refractivity contribution >= 4 is 23.3 Å². The first kappa shape index (κ1) is 27.0. The number of anilines is 1. The Hall–Kier alpha value is -4.07. The molecule has 0 radical (unpaired) electrons. The summed E-state index contributed by atoms with van der Waals surface area (Å²) in [6, 6.07) is 17.6. The molecule has 8 heteroatoms. The van der Waals surface area contributed by atoms with Gasteiger partial charge in [-0.2, -0.15) is 0 Å². The average Bonchev–Trinajstić information content (AvgIpc) is 2.87. The summed E-state index contributed by atoms with van der Waals surface area (Å²) in [7, 11) is 0. The van der Waals surface area contributed by atoms with E-state index in [1.807, 2.05) is 0 Å². The Morgan fingerprint density at radius 2 is 1.45 bits per heavy atom. The predicted molar refractivity (Wildman–Crippen MR) is 138 cm³/mol. The second kappa shape index (κ2) is 11.1. The Balaban J connectivity index is 1.49. The van der Waals surface area contributed by atoms with Gasteiger partial charge in [0.2, 0.25) is 5.91 Å². The number of esters is 1. The number of ketones is 1. The second-order valence-corrected chi connectivity index (χ2v) is 10.1. The topological polar surface area (TPSA) is 72.9 Å². The number of amides is 1. The van der Waals surface area contributed by atoms with Gasteiger partial charge in [0.15, 0.2) is 12.4 Å². The third-order valence-electron chi connectivity index (χ3n) is 6.17. The molecule has 3 aromatic rings. The smallest absolute Gasteiger partial charge is 0.344 e. The summed E-state index contributed by atoms with van der Waals surface area (Å²) in [5.41, 5.74) is 1.12. The molecule has 2 atom stereocenters. The van der Waals surface area contributed by atoms with Gasteiger partial charge in [-0.25, -0.2) is 13.6 Å². The zero-order valence-electron chi connectivity index (χ0n) is 21.4. The fraction of sp³-hybridized carbons (Fsp3) is 0.300. The normalized spacial score (nSPS) is 17.1. The van der Waals surface area contributed by atoms with Crippen molar-refractivity contribution in [1.29, 1.82) is 0 Å². The van der Waals surface area contributed by atoms with Gasteiger partial charge in [0.1, 0.15) is 23.0 Å². The van der Waals surface area contributed by atoms with Gasteiger partial charge in [0.05, 0.1) is 12.0 Å². The maximum absolute atomic E-state index is 13.5. The van der Waals surface area contributed by atoms with E-state index in [4.69, 9.17) is 9.47 Å². The fourth-order valence-electron chi connectivity index (χ4n) is 4.44. The van der Waals surface area contributed by atoms with Crippen LogP contribution in [0.3, 0.4) is 0 Å². The number of halogens is 2. The molecule has 0 unspecified atom stereocenters. The quantitative estimate of drug-likeness (QED) is 0.195. The Labute approximate surface area is 220 Å². The third kappa shape index (κ3) is 6.43. The van der Waals surface area contributed by atoms with Crippen LogP contribution in [0.1, 0.15) is 55.6 Å². The first-order valence-corrected chi connectivity index (χ1v) is 12.3. The van der Waals surface area contributed by atoms with E-state index < -0.39 is 29.1 Å². The molecule has 1 aliphatic rings. The van der Waals surface area contributed by atoms with Gasteiger partial charge in [-0.15, -0.1) is 0 Å². The number of rotatable bonds is 9. The first-order valence-electron chi connectivity index (χ1n) is 12.3. The minimum atomic E-state index is -0.613. The van der Waals surface area contributed by atoms with Crippen LogP contribution in [-0.4, -0.2) is 29.9 Å². The molecular weight excluding hydrogens is 492 g/mol. The lowest BCUT2D eigenvalue weighted by atomic mass is 9.78. The van der Waals surface area contributed by atoms with Crippen molar-refractivity contribution in [2.24, 2.45) is 5.92 Å². The number of benzene rings is 3. The molecule has 0 aliphatic carbocycles. The molecule has 38 heavy (non-hydrogen) atoms. The van der Waals surface area contributed by atoms with Gasteiger partial charge in [0.25, 0.3) is 0 Å². The van der Waals surface area contributed by atoms with Gasteiger partial charge in [-0.3, -0.25) is 9.59 Å². The molecule has 3 aromatic carbocycles. The molecule has 6 nitrogen and oxygen atoms in total. The van der Waals surface area contributed by atoms with Crippen molar-refractivity contribution in [2.75, 3.05) is 11.5 Å². The molecule has 1 heterocycles. The average molecular weight is 522 g/mol. The number of carbonyl (C=O) groups is 3. The summed E-state index contributed by atoms with van der Waals surface area (Å²) in [5, 5.41) is 0. The zero-order chi connectivity index (χ0) is 27.4. The van der Waals surface area contributed by atoms with Gasteiger partial charge in [0, 0.05) is 17.7 Å². The van der Waals surface area contributed by atoms with Crippen molar-refractivity contribution in [3.63, 3.8) is 0 Å². The lowest BCUT2D eigenvalue weighted by Crippen LogP contribution is -2.55. The SMILES string of the molecule is CC(C)(C)OC(=O)COc1ccc([C@@H]2[C@@H](CCC(=O)c3ccc(F)cc3)C(=O)N2c2ccc(F)cc2)cc1. The lowest BCUT2D eigenvalue weighted by molar-refractivity contribution is -0.157. The number of β-lactam (4-membered cyclic amide) rings is 1. The summed E-state index contributed by atoms with van der Waals surface area (Å²) in [4.78, 5) is 39.4. The van der Waals surface area contributed by atoms with Gasteiger partial charge < -0.3 is 14.4 Å². The summed E-state index contributed by atoms with van der Waals surface area (Å²) in [5.74, 6) is -1.68. The van der Waals surface area contributed by atoms with Gasteiger partial charge in [-0.1, -0.05) is 12.1 Å². The maximum atomic E-state index is 13.5. The number of carbonyl (C=O) groups excluding carboxylic acids is 3. The van der Waals surface area contributed by atoms with Crippen LogP contribution in [0.25, 0.3) is 0 Å². The van der Waals surface area contributed by atoms with Gasteiger partial charge >= 0.3 is 5.97 Å². The van der Waals surface area contributed by atoms with Crippen molar-refractivity contribution in [2.45, 2.75) is 45.3 Å². The first-order chi connectivity index (χ1) is 18.0. The largest absolute Gasteiger partial charge is 0.482 e. The molecule has 1 saturated heterocycles. The van der Waals surface area contributed by atoms with E-state index in [0.29, 0.717) is 23.4 Å². The molecule has 0 aromatic heterocycles. The van der Waals surface area contributed by atoms with Crippen LogP contribution < -0.4 is 9.64 Å².